The van der Waals surface area contributed by atoms with E-state index in [0.717, 1.165) is 0 Å². The van der Waals surface area contributed by atoms with Crippen molar-refractivity contribution in [2.24, 2.45) is 0 Å². The van der Waals surface area contributed by atoms with Gasteiger partial charge in [-0.15, -0.1) is 0 Å². The molecule has 0 unspecified atom stereocenters. The Labute approximate surface area is 176 Å². The van der Waals surface area contributed by atoms with Gasteiger partial charge < -0.3 is 14.4 Å². The molecule has 2 aliphatic rings. The molecule has 1 aromatic carbocycles. The minimum absolute atomic E-state index is 0.0944. The number of hydrogen-bond donors (Lipinski definition) is 0. The summed E-state index contributed by atoms with van der Waals surface area (Å²) in [5.41, 5.74) is -0.154. The van der Waals surface area contributed by atoms with E-state index in [4.69, 9.17) is 14.7 Å². The van der Waals surface area contributed by atoms with Gasteiger partial charge in [0.25, 0.3) is 5.91 Å². The van der Waals surface area contributed by atoms with Gasteiger partial charge >= 0.3 is 12.1 Å². The summed E-state index contributed by atoms with van der Waals surface area (Å²) in [5, 5.41) is 8.88. The van der Waals surface area contributed by atoms with E-state index in [-0.39, 0.29) is 12.5 Å². The number of benzene rings is 1. The number of esters is 1. The number of carbonyl (C=O) groups excluding carboxylic acids is 3. The van der Waals surface area contributed by atoms with Crippen LogP contribution < -0.4 is 0 Å². The average Bonchev–Trinajstić information content (AvgIpc) is 2.69. The molecule has 30 heavy (non-hydrogen) atoms. The normalized spacial score (nSPS) is 18.5. The zero-order chi connectivity index (χ0) is 21.9. The maximum Gasteiger partial charge on any atom is 0.410 e. The molecule has 0 atom stereocenters. The van der Waals surface area contributed by atoms with Crippen LogP contribution in [0.2, 0.25) is 0 Å². The third-order valence-electron chi connectivity index (χ3n) is 5.36. The molecule has 160 valence electrons. The molecule has 0 aromatic heterocycles. The van der Waals surface area contributed by atoms with Crippen LogP contribution in [0.3, 0.4) is 0 Å². The van der Waals surface area contributed by atoms with Crippen LogP contribution in [-0.4, -0.2) is 65.2 Å². The number of carbonyl (C=O) groups is 3. The number of ether oxygens (including phenoxy) is 2. The van der Waals surface area contributed by atoms with Gasteiger partial charge in [0, 0.05) is 44.5 Å². The summed E-state index contributed by atoms with van der Waals surface area (Å²) in [4.78, 5) is 40.3. The van der Waals surface area contributed by atoms with Crippen molar-refractivity contribution in [2.45, 2.75) is 51.2 Å². The van der Waals surface area contributed by atoms with Crippen LogP contribution in [-0.2, 0) is 14.3 Å². The lowest BCUT2D eigenvalue weighted by molar-refractivity contribution is -0.157. The van der Waals surface area contributed by atoms with Crippen LogP contribution in [0, 0.1) is 11.3 Å². The lowest BCUT2D eigenvalue weighted by atomic mass is 9.86. The molecule has 2 fully saturated rings. The Morgan fingerprint density at radius 1 is 1.13 bits per heavy atom. The number of nitrogens with zero attached hydrogens (tertiary/aromatic N) is 3. The Hall–Kier alpha value is -3.08. The molecule has 0 aliphatic carbocycles. The lowest BCUT2D eigenvalue weighted by Gasteiger charge is -2.45. The minimum atomic E-state index is -0.605. The topological polar surface area (TPSA) is 99.9 Å². The van der Waals surface area contributed by atoms with Crippen molar-refractivity contribution in [2.75, 3.05) is 26.2 Å². The van der Waals surface area contributed by atoms with E-state index in [2.05, 4.69) is 0 Å². The van der Waals surface area contributed by atoms with Crippen molar-refractivity contribution in [3.05, 3.63) is 35.4 Å². The molecule has 2 saturated heterocycles. The molecule has 2 aliphatic heterocycles. The van der Waals surface area contributed by atoms with Crippen LogP contribution >= 0.6 is 0 Å². The van der Waals surface area contributed by atoms with Gasteiger partial charge in [-0.2, -0.15) is 5.26 Å². The van der Waals surface area contributed by atoms with E-state index in [9.17, 15) is 14.4 Å². The lowest BCUT2D eigenvalue weighted by Crippen LogP contribution is -2.56. The van der Waals surface area contributed by atoms with Crippen molar-refractivity contribution in [1.82, 2.24) is 9.80 Å². The van der Waals surface area contributed by atoms with E-state index < -0.39 is 23.3 Å². The highest BCUT2D eigenvalue weighted by atomic mass is 16.6. The summed E-state index contributed by atoms with van der Waals surface area (Å²) in [6.45, 7) is 6.59. The maximum absolute atomic E-state index is 12.7. The molecule has 1 spiro atoms. The van der Waals surface area contributed by atoms with Crippen molar-refractivity contribution >= 4 is 18.0 Å². The number of likely N-dealkylation sites (tertiary alicyclic amines) is 1. The van der Waals surface area contributed by atoms with Gasteiger partial charge in [0.1, 0.15) is 17.7 Å². The first-order valence-corrected chi connectivity index (χ1v) is 10.1. The van der Waals surface area contributed by atoms with Crippen LogP contribution in [0.1, 0.15) is 56.0 Å². The second-order valence-electron chi connectivity index (χ2n) is 8.79. The molecule has 2 heterocycles. The van der Waals surface area contributed by atoms with Crippen molar-refractivity contribution in [1.29, 1.82) is 5.26 Å². The number of amides is 2. The van der Waals surface area contributed by atoms with E-state index in [1.54, 1.807) is 49.9 Å². The molecular weight excluding hydrogens is 386 g/mol. The zero-order valence-corrected chi connectivity index (χ0v) is 17.6. The number of piperidine rings is 1. The predicted octanol–water partition coefficient (Wildman–Crippen LogP) is 2.72. The van der Waals surface area contributed by atoms with Gasteiger partial charge in [-0.3, -0.25) is 14.5 Å². The zero-order valence-electron chi connectivity index (χ0n) is 17.6. The highest BCUT2D eigenvalue weighted by Gasteiger charge is 2.44. The molecule has 2 amide bonds. The Bertz CT molecular complexity index is 858. The van der Waals surface area contributed by atoms with Gasteiger partial charge in [0.2, 0.25) is 0 Å². The SMILES string of the molecule is CC(C)(C)OC(=O)CN1CCC2(CCN(C(=O)c3ccc(C#N)cc3)CC2)OC1=O. The van der Waals surface area contributed by atoms with E-state index in [0.29, 0.717) is 50.0 Å². The second kappa shape index (κ2) is 8.34. The molecule has 8 nitrogen and oxygen atoms in total. The quantitative estimate of drug-likeness (QED) is 0.707. The Kier molecular flexibility index (Phi) is 6.01. The fourth-order valence-electron chi connectivity index (χ4n) is 3.74. The standard InChI is InChI=1S/C22H27N3O5/c1-21(2,3)29-18(26)15-25-13-10-22(30-20(25)28)8-11-24(12-9-22)19(27)17-6-4-16(14-23)5-7-17/h4-7H,8-13,15H2,1-3H3. The summed E-state index contributed by atoms with van der Waals surface area (Å²) >= 11 is 0. The molecule has 8 heteroatoms. The molecule has 3 rings (SSSR count). The smallest absolute Gasteiger partial charge is 0.410 e. The van der Waals surface area contributed by atoms with Crippen LogP contribution in [0.4, 0.5) is 4.79 Å². The Balaban J connectivity index is 1.53. The summed E-state index contributed by atoms with van der Waals surface area (Å²) < 4.78 is 11.0. The summed E-state index contributed by atoms with van der Waals surface area (Å²) in [7, 11) is 0. The molecule has 0 saturated carbocycles. The van der Waals surface area contributed by atoms with E-state index in [1.165, 1.54) is 4.90 Å². The van der Waals surface area contributed by atoms with Gasteiger partial charge in [0.05, 0.1) is 11.6 Å². The fraction of sp³-hybridized carbons (Fsp3) is 0.545. The first kappa shape index (κ1) is 21.6. The predicted molar refractivity (Wildman–Crippen MR) is 108 cm³/mol. The number of hydrogen-bond acceptors (Lipinski definition) is 6. The van der Waals surface area contributed by atoms with Crippen molar-refractivity contribution in [3.63, 3.8) is 0 Å². The average molecular weight is 413 g/mol. The van der Waals surface area contributed by atoms with Crippen LogP contribution in [0.5, 0.6) is 0 Å². The first-order chi connectivity index (χ1) is 14.1. The molecule has 0 radical (unpaired) electrons. The maximum atomic E-state index is 12.7. The van der Waals surface area contributed by atoms with Gasteiger partial charge in [-0.1, -0.05) is 0 Å². The molecule has 0 bridgehead atoms. The Morgan fingerprint density at radius 3 is 2.27 bits per heavy atom. The Morgan fingerprint density at radius 2 is 1.73 bits per heavy atom. The van der Waals surface area contributed by atoms with Gasteiger partial charge in [-0.05, 0) is 45.0 Å². The number of nitriles is 1. The fourth-order valence-corrected chi connectivity index (χ4v) is 3.74. The van der Waals surface area contributed by atoms with E-state index >= 15 is 0 Å². The molecule has 0 N–H and O–H groups in total. The highest BCUT2D eigenvalue weighted by molar-refractivity contribution is 5.94. The molecular formula is C22H27N3O5. The second-order valence-corrected chi connectivity index (χ2v) is 8.79. The monoisotopic (exact) mass is 413 g/mol. The van der Waals surface area contributed by atoms with Crippen molar-refractivity contribution < 1.29 is 23.9 Å². The van der Waals surface area contributed by atoms with Crippen LogP contribution in [0.15, 0.2) is 24.3 Å². The highest BCUT2D eigenvalue weighted by Crippen LogP contribution is 2.34. The van der Waals surface area contributed by atoms with Crippen LogP contribution in [0.25, 0.3) is 0 Å². The number of rotatable bonds is 3. The first-order valence-electron chi connectivity index (χ1n) is 10.1. The summed E-state index contributed by atoms with van der Waals surface area (Å²) in [5.74, 6) is -0.554. The third-order valence-corrected chi connectivity index (χ3v) is 5.36. The minimum Gasteiger partial charge on any atom is -0.459 e. The summed E-state index contributed by atoms with van der Waals surface area (Å²) in [6, 6.07) is 8.59. The largest absolute Gasteiger partial charge is 0.459 e. The summed E-state index contributed by atoms with van der Waals surface area (Å²) in [6.07, 6.45) is 1.21. The van der Waals surface area contributed by atoms with E-state index in [1.807, 2.05) is 6.07 Å². The molecule has 1 aromatic rings. The van der Waals surface area contributed by atoms with Gasteiger partial charge in [-0.25, -0.2) is 4.79 Å². The third kappa shape index (κ3) is 5.09. The van der Waals surface area contributed by atoms with Crippen molar-refractivity contribution in [3.8, 4) is 6.07 Å². The van der Waals surface area contributed by atoms with Gasteiger partial charge in [0.15, 0.2) is 0 Å².